The van der Waals surface area contributed by atoms with E-state index in [4.69, 9.17) is 15.1 Å². The Morgan fingerprint density at radius 3 is 2.78 bits per heavy atom. The molecule has 0 spiro atoms. The smallest absolute Gasteiger partial charge is 0.325 e. The van der Waals surface area contributed by atoms with E-state index in [-0.39, 0.29) is 12.4 Å². The molecule has 0 aliphatic carbocycles. The van der Waals surface area contributed by atoms with Crippen molar-refractivity contribution in [3.05, 3.63) is 29.8 Å². The predicted molar refractivity (Wildman–Crippen MR) is 61.9 cm³/mol. The molecule has 18 heavy (non-hydrogen) atoms. The zero-order valence-electron chi connectivity index (χ0n) is 9.71. The maximum Gasteiger partial charge on any atom is 0.325 e. The second-order valence-electron chi connectivity index (χ2n) is 3.52. The summed E-state index contributed by atoms with van der Waals surface area (Å²) in [4.78, 5) is 21.9. The summed E-state index contributed by atoms with van der Waals surface area (Å²) in [5, 5.41) is 19.6. The molecule has 0 heterocycles. The number of carbonyl (C=O) groups excluding carboxylic acids is 1. The number of carboxylic acid groups (broad SMARTS) is 1. The number of hydrogen-bond donors (Lipinski definition) is 2. The first-order chi connectivity index (χ1) is 8.54. The number of rotatable bonds is 5. The van der Waals surface area contributed by atoms with Gasteiger partial charge in [-0.05, 0) is 19.1 Å². The van der Waals surface area contributed by atoms with Crippen LogP contribution in [0.4, 0.5) is 0 Å². The number of carbonyl (C=O) groups is 2. The van der Waals surface area contributed by atoms with Gasteiger partial charge in [0.1, 0.15) is 17.9 Å². The Labute approximate surface area is 104 Å². The third-order valence-corrected chi connectivity index (χ3v) is 2.11. The molecule has 0 aliphatic heterocycles. The number of carboxylic acids is 1. The van der Waals surface area contributed by atoms with Gasteiger partial charge in [-0.1, -0.05) is 12.1 Å². The summed E-state index contributed by atoms with van der Waals surface area (Å²) in [7, 11) is 0. The lowest BCUT2D eigenvalue weighted by Crippen LogP contribution is -2.40. The van der Waals surface area contributed by atoms with Crippen LogP contribution in [0.15, 0.2) is 24.3 Å². The minimum absolute atomic E-state index is 0.290. The number of nitriles is 1. The molecule has 1 rings (SSSR count). The predicted octanol–water partition coefficient (Wildman–Crippen LogP) is 0.526. The summed E-state index contributed by atoms with van der Waals surface area (Å²) >= 11 is 0. The van der Waals surface area contributed by atoms with Crippen molar-refractivity contribution in [3.8, 4) is 11.8 Å². The number of ether oxygens (including phenoxy) is 1. The Bertz CT molecular complexity index is 493. The SMILES string of the molecule is C[C@H](NC(=O)COc1ccccc1C#N)C(=O)O. The Hall–Kier alpha value is -2.55. The van der Waals surface area contributed by atoms with Gasteiger partial charge >= 0.3 is 5.97 Å². The fraction of sp³-hybridized carbons (Fsp3) is 0.250. The minimum atomic E-state index is -1.12. The molecule has 1 atom stereocenters. The van der Waals surface area contributed by atoms with Gasteiger partial charge in [0.15, 0.2) is 6.61 Å². The molecule has 0 aliphatic rings. The van der Waals surface area contributed by atoms with E-state index in [1.807, 2.05) is 6.07 Å². The number of aliphatic carboxylic acids is 1. The molecule has 6 heteroatoms. The van der Waals surface area contributed by atoms with Crippen molar-refractivity contribution in [2.24, 2.45) is 0 Å². The van der Waals surface area contributed by atoms with E-state index < -0.39 is 17.9 Å². The summed E-state index contributed by atoms with van der Waals surface area (Å²) in [6, 6.07) is 7.43. The number of benzene rings is 1. The summed E-state index contributed by atoms with van der Waals surface area (Å²) in [5.74, 6) is -1.39. The fourth-order valence-corrected chi connectivity index (χ4v) is 1.17. The van der Waals surface area contributed by atoms with E-state index in [0.29, 0.717) is 5.56 Å². The molecule has 0 unspecified atom stereocenters. The van der Waals surface area contributed by atoms with E-state index in [2.05, 4.69) is 5.32 Å². The molecule has 6 nitrogen and oxygen atoms in total. The van der Waals surface area contributed by atoms with E-state index in [9.17, 15) is 9.59 Å². The standard InChI is InChI=1S/C12H12N2O4/c1-8(12(16)17)14-11(15)7-18-10-5-3-2-4-9(10)6-13/h2-5,8H,7H2,1H3,(H,14,15)(H,16,17)/t8-/m0/s1. The molecule has 0 bridgehead atoms. The van der Waals surface area contributed by atoms with Gasteiger partial charge in [-0.25, -0.2) is 0 Å². The molecule has 1 aromatic carbocycles. The lowest BCUT2D eigenvalue weighted by molar-refractivity contribution is -0.141. The summed E-state index contributed by atoms with van der Waals surface area (Å²) in [6.07, 6.45) is 0. The monoisotopic (exact) mass is 248 g/mol. The van der Waals surface area contributed by atoms with E-state index >= 15 is 0 Å². The highest BCUT2D eigenvalue weighted by Crippen LogP contribution is 2.16. The average Bonchev–Trinajstić information content (AvgIpc) is 2.36. The second-order valence-corrected chi connectivity index (χ2v) is 3.52. The molecular formula is C12H12N2O4. The first-order valence-electron chi connectivity index (χ1n) is 5.18. The maximum absolute atomic E-state index is 11.3. The summed E-state index contributed by atoms with van der Waals surface area (Å²) < 4.78 is 5.14. The van der Waals surface area contributed by atoms with Crippen LogP contribution in [0, 0.1) is 11.3 Å². The maximum atomic E-state index is 11.3. The van der Waals surface area contributed by atoms with Gasteiger partial charge in [0.05, 0.1) is 5.56 Å². The van der Waals surface area contributed by atoms with Crippen LogP contribution in [0.25, 0.3) is 0 Å². The molecule has 0 fully saturated rings. The quantitative estimate of drug-likeness (QED) is 0.791. The molecule has 2 N–H and O–H groups in total. The summed E-state index contributed by atoms with van der Waals surface area (Å²) in [5.41, 5.74) is 0.316. The largest absolute Gasteiger partial charge is 0.482 e. The van der Waals surface area contributed by atoms with Crippen LogP contribution in [0.2, 0.25) is 0 Å². The third-order valence-electron chi connectivity index (χ3n) is 2.11. The molecule has 94 valence electrons. The number of nitrogens with zero attached hydrogens (tertiary/aromatic N) is 1. The number of hydrogen-bond acceptors (Lipinski definition) is 4. The zero-order chi connectivity index (χ0) is 13.5. The molecule has 0 radical (unpaired) electrons. The highest BCUT2D eigenvalue weighted by atomic mass is 16.5. The van der Waals surface area contributed by atoms with Gasteiger partial charge in [0.25, 0.3) is 5.91 Å². The van der Waals surface area contributed by atoms with Crippen molar-refractivity contribution in [2.45, 2.75) is 13.0 Å². The molecule has 1 amide bonds. The average molecular weight is 248 g/mol. The Balaban J connectivity index is 2.53. The number of nitrogens with one attached hydrogen (secondary N) is 1. The first-order valence-corrected chi connectivity index (χ1v) is 5.18. The van der Waals surface area contributed by atoms with Gasteiger partial charge in [-0.3, -0.25) is 9.59 Å². The Kier molecular flexibility index (Phi) is 4.69. The molecule has 0 saturated heterocycles. The number of para-hydroxylation sites is 1. The van der Waals surface area contributed by atoms with Crippen molar-refractivity contribution in [1.82, 2.24) is 5.32 Å². The Morgan fingerprint density at radius 2 is 2.17 bits per heavy atom. The van der Waals surface area contributed by atoms with Crippen LogP contribution in [0.3, 0.4) is 0 Å². The van der Waals surface area contributed by atoms with Gasteiger partial charge in [0, 0.05) is 0 Å². The molecule has 0 aromatic heterocycles. The van der Waals surface area contributed by atoms with E-state index in [0.717, 1.165) is 0 Å². The van der Waals surface area contributed by atoms with Gasteiger partial charge < -0.3 is 15.2 Å². The third kappa shape index (κ3) is 3.79. The second kappa shape index (κ2) is 6.25. The highest BCUT2D eigenvalue weighted by Gasteiger charge is 2.14. The van der Waals surface area contributed by atoms with Crippen molar-refractivity contribution in [2.75, 3.05) is 6.61 Å². The lowest BCUT2D eigenvalue weighted by Gasteiger charge is -2.10. The molecule has 0 saturated carbocycles. The van der Waals surface area contributed by atoms with Crippen LogP contribution >= 0.6 is 0 Å². The van der Waals surface area contributed by atoms with Crippen LogP contribution in [-0.2, 0) is 9.59 Å². The lowest BCUT2D eigenvalue weighted by atomic mass is 10.2. The van der Waals surface area contributed by atoms with Crippen molar-refractivity contribution in [3.63, 3.8) is 0 Å². The minimum Gasteiger partial charge on any atom is -0.482 e. The van der Waals surface area contributed by atoms with Crippen LogP contribution in [0.1, 0.15) is 12.5 Å². The topological polar surface area (TPSA) is 99.4 Å². The van der Waals surface area contributed by atoms with E-state index in [1.54, 1.807) is 24.3 Å². The van der Waals surface area contributed by atoms with Gasteiger partial charge in [0.2, 0.25) is 0 Å². The van der Waals surface area contributed by atoms with Crippen LogP contribution in [0.5, 0.6) is 5.75 Å². The van der Waals surface area contributed by atoms with Crippen molar-refractivity contribution >= 4 is 11.9 Å². The zero-order valence-corrected chi connectivity index (χ0v) is 9.71. The van der Waals surface area contributed by atoms with Gasteiger partial charge in [-0.15, -0.1) is 0 Å². The molecule has 1 aromatic rings. The highest BCUT2D eigenvalue weighted by molar-refractivity contribution is 5.84. The van der Waals surface area contributed by atoms with Crippen molar-refractivity contribution < 1.29 is 19.4 Å². The van der Waals surface area contributed by atoms with E-state index in [1.165, 1.54) is 6.92 Å². The van der Waals surface area contributed by atoms with Crippen LogP contribution < -0.4 is 10.1 Å². The van der Waals surface area contributed by atoms with Gasteiger partial charge in [-0.2, -0.15) is 5.26 Å². The molecular weight excluding hydrogens is 236 g/mol. The first kappa shape index (κ1) is 13.5. The summed E-state index contributed by atoms with van der Waals surface area (Å²) in [6.45, 7) is 1.01. The van der Waals surface area contributed by atoms with Crippen molar-refractivity contribution in [1.29, 1.82) is 5.26 Å². The Morgan fingerprint density at radius 1 is 1.50 bits per heavy atom. The number of amides is 1. The van der Waals surface area contributed by atoms with Crippen LogP contribution in [-0.4, -0.2) is 29.6 Å². The normalized spacial score (nSPS) is 11.1. The fourth-order valence-electron chi connectivity index (χ4n) is 1.17.